The summed E-state index contributed by atoms with van der Waals surface area (Å²) < 4.78 is 12.0. The molecule has 0 saturated carbocycles. The average Bonchev–Trinajstić information content (AvgIpc) is 3.32. The third-order valence-corrected chi connectivity index (χ3v) is 5.03. The lowest BCUT2D eigenvalue weighted by molar-refractivity contribution is 0.0468. The number of nitrogens with zero attached hydrogens (tertiary/aromatic N) is 3. The van der Waals surface area contributed by atoms with E-state index in [9.17, 15) is 19.2 Å². The Morgan fingerprint density at radius 3 is 2.64 bits per heavy atom. The zero-order valence-corrected chi connectivity index (χ0v) is 16.0. The summed E-state index contributed by atoms with van der Waals surface area (Å²) in [4.78, 5) is 53.5. The van der Waals surface area contributed by atoms with Crippen molar-refractivity contribution in [1.29, 1.82) is 0 Å². The number of nitrogens with two attached hydrogens (primary N) is 1. The maximum atomic E-state index is 12.4. The van der Waals surface area contributed by atoms with Gasteiger partial charge < -0.3 is 14.9 Å². The third kappa shape index (κ3) is 3.27. The minimum Gasteiger partial charge on any atom is -0.462 e. The normalized spacial score (nSPS) is 10.8. The molecule has 0 bridgehead atoms. The molecule has 11 heteroatoms. The van der Waals surface area contributed by atoms with E-state index in [1.807, 2.05) is 0 Å². The van der Waals surface area contributed by atoms with E-state index in [1.54, 1.807) is 19.1 Å². The van der Waals surface area contributed by atoms with Gasteiger partial charge in [0.1, 0.15) is 11.4 Å². The lowest BCUT2D eigenvalue weighted by Crippen LogP contribution is -2.42. The van der Waals surface area contributed by atoms with Gasteiger partial charge in [0.25, 0.3) is 5.56 Å². The lowest BCUT2D eigenvalue weighted by Gasteiger charge is -2.10. The fourth-order valence-electron chi connectivity index (χ4n) is 2.49. The van der Waals surface area contributed by atoms with Crippen molar-refractivity contribution in [1.82, 2.24) is 14.1 Å². The number of furan rings is 1. The molecule has 10 nitrogen and oxygen atoms in total. The first-order valence-corrected chi connectivity index (χ1v) is 8.81. The average molecular weight is 404 g/mol. The molecule has 0 atom stereocenters. The highest BCUT2D eigenvalue weighted by Crippen LogP contribution is 2.28. The number of carbonyl (C=O) groups excluding carboxylic acids is 2. The molecule has 2 N–H and O–H groups in total. The first kappa shape index (κ1) is 19.3. The van der Waals surface area contributed by atoms with Crippen molar-refractivity contribution < 1.29 is 18.7 Å². The van der Waals surface area contributed by atoms with Crippen LogP contribution in [0.1, 0.15) is 25.7 Å². The van der Waals surface area contributed by atoms with Crippen molar-refractivity contribution in [2.45, 2.75) is 6.92 Å². The Morgan fingerprint density at radius 2 is 2.00 bits per heavy atom. The molecular weight excluding hydrogens is 388 g/mol. The van der Waals surface area contributed by atoms with Gasteiger partial charge in [-0.2, -0.15) is 0 Å². The maximum absolute atomic E-state index is 12.4. The van der Waals surface area contributed by atoms with E-state index in [-0.39, 0.29) is 11.5 Å². The molecule has 0 fully saturated rings. The van der Waals surface area contributed by atoms with Crippen LogP contribution in [0, 0.1) is 6.92 Å². The molecule has 3 aromatic heterocycles. The first-order valence-electron chi connectivity index (χ1n) is 7.99. The zero-order chi connectivity index (χ0) is 20.6. The highest BCUT2D eigenvalue weighted by Gasteiger charge is 2.24. The van der Waals surface area contributed by atoms with Crippen LogP contribution in [0.2, 0.25) is 0 Å². The quantitative estimate of drug-likeness (QED) is 0.485. The predicted molar refractivity (Wildman–Crippen MR) is 101 cm³/mol. The second-order valence-electron chi connectivity index (χ2n) is 5.87. The zero-order valence-electron chi connectivity index (χ0n) is 15.2. The van der Waals surface area contributed by atoms with Crippen molar-refractivity contribution in [3.05, 3.63) is 55.4 Å². The fraction of sp³-hybridized carbons (Fsp3) is 0.235. The van der Waals surface area contributed by atoms with Crippen LogP contribution < -0.4 is 17.0 Å². The smallest absolute Gasteiger partial charge is 0.358 e. The largest absolute Gasteiger partial charge is 0.462 e. The molecule has 146 valence electrons. The molecule has 0 unspecified atom stereocenters. The molecule has 0 amide bonds. The Labute approximate surface area is 161 Å². The molecule has 0 aromatic carbocycles. The van der Waals surface area contributed by atoms with Crippen molar-refractivity contribution in [3.8, 4) is 10.8 Å². The molecule has 28 heavy (non-hydrogen) atoms. The van der Waals surface area contributed by atoms with Crippen LogP contribution in [-0.2, 0) is 18.8 Å². The van der Waals surface area contributed by atoms with Crippen LogP contribution in [0.15, 0.2) is 32.4 Å². The molecule has 0 aliphatic rings. The minimum atomic E-state index is -0.855. The predicted octanol–water partition coefficient (Wildman–Crippen LogP) is 0.731. The Kier molecular flexibility index (Phi) is 5.01. The number of nitrogen functional groups attached to an aromatic ring is 1. The molecule has 0 saturated heterocycles. The Balaban J connectivity index is 1.80. The van der Waals surface area contributed by atoms with Crippen molar-refractivity contribution >= 4 is 28.9 Å². The van der Waals surface area contributed by atoms with Gasteiger partial charge in [0, 0.05) is 19.0 Å². The molecule has 0 aliphatic carbocycles. The van der Waals surface area contributed by atoms with Gasteiger partial charge >= 0.3 is 11.7 Å². The second kappa shape index (κ2) is 7.27. The molecular formula is C17H16N4O6S. The van der Waals surface area contributed by atoms with E-state index >= 15 is 0 Å². The van der Waals surface area contributed by atoms with Gasteiger partial charge in [-0.05, 0) is 19.1 Å². The van der Waals surface area contributed by atoms with Gasteiger partial charge in [0.2, 0.25) is 5.78 Å². The standard InChI is InChI=1S/C17H16N4O6S/c1-8-12(19-14(28-8)10-5-4-6-26-10)16(24)27-7-9(22)11-13(18)20(2)17(25)21(3)15(11)23/h4-6H,7,18H2,1-3H3. The van der Waals surface area contributed by atoms with Gasteiger partial charge in [-0.1, -0.05) is 0 Å². The van der Waals surface area contributed by atoms with Crippen LogP contribution in [0.4, 0.5) is 5.82 Å². The van der Waals surface area contributed by atoms with E-state index in [2.05, 4.69) is 4.98 Å². The molecule has 0 radical (unpaired) electrons. The second-order valence-corrected chi connectivity index (χ2v) is 7.07. The summed E-state index contributed by atoms with van der Waals surface area (Å²) in [5.41, 5.74) is 3.83. The molecule has 0 aliphatic heterocycles. The van der Waals surface area contributed by atoms with Crippen molar-refractivity contribution in [3.63, 3.8) is 0 Å². The SMILES string of the molecule is Cc1sc(-c2ccco2)nc1C(=O)OCC(=O)c1c(N)n(C)c(=O)n(C)c1=O. The lowest BCUT2D eigenvalue weighted by atomic mass is 10.2. The first-order chi connectivity index (χ1) is 13.2. The highest BCUT2D eigenvalue weighted by molar-refractivity contribution is 7.15. The van der Waals surface area contributed by atoms with Crippen LogP contribution in [-0.4, -0.2) is 32.5 Å². The van der Waals surface area contributed by atoms with E-state index in [1.165, 1.54) is 31.7 Å². The van der Waals surface area contributed by atoms with E-state index in [4.69, 9.17) is 14.9 Å². The van der Waals surface area contributed by atoms with Gasteiger partial charge in [0.05, 0.1) is 6.26 Å². The number of esters is 1. The van der Waals surface area contributed by atoms with Crippen molar-refractivity contribution in [2.24, 2.45) is 14.1 Å². The van der Waals surface area contributed by atoms with Gasteiger partial charge in [-0.15, -0.1) is 11.3 Å². The number of aryl methyl sites for hydroxylation is 1. The minimum absolute atomic E-state index is 0.0468. The molecule has 3 aromatic rings. The van der Waals surface area contributed by atoms with Crippen LogP contribution >= 0.6 is 11.3 Å². The van der Waals surface area contributed by atoms with Gasteiger partial charge in [-0.25, -0.2) is 14.6 Å². The van der Waals surface area contributed by atoms with Crippen LogP contribution in [0.25, 0.3) is 10.8 Å². The van der Waals surface area contributed by atoms with Crippen LogP contribution in [0.3, 0.4) is 0 Å². The number of hydrogen-bond acceptors (Lipinski definition) is 9. The van der Waals surface area contributed by atoms with E-state index in [0.29, 0.717) is 15.6 Å². The third-order valence-electron chi connectivity index (χ3n) is 4.04. The van der Waals surface area contributed by atoms with E-state index < -0.39 is 35.2 Å². The van der Waals surface area contributed by atoms with Gasteiger partial charge in [-0.3, -0.25) is 18.7 Å². The number of aromatic nitrogens is 3. The van der Waals surface area contributed by atoms with Gasteiger partial charge in [0.15, 0.2) is 23.1 Å². The summed E-state index contributed by atoms with van der Waals surface area (Å²) in [5, 5.41) is 0.497. The van der Waals surface area contributed by atoms with Crippen LogP contribution in [0.5, 0.6) is 0 Å². The maximum Gasteiger partial charge on any atom is 0.358 e. The summed E-state index contributed by atoms with van der Waals surface area (Å²) in [5.74, 6) is -1.43. The fourth-order valence-corrected chi connectivity index (χ4v) is 3.35. The number of anilines is 1. The van der Waals surface area contributed by atoms with E-state index in [0.717, 1.165) is 9.13 Å². The number of hydrogen-bond donors (Lipinski definition) is 1. The summed E-state index contributed by atoms with van der Waals surface area (Å²) >= 11 is 1.24. The number of thiazole rings is 1. The number of Topliss-reactive ketones (excluding diaryl/α,β-unsaturated/α-hetero) is 1. The summed E-state index contributed by atoms with van der Waals surface area (Å²) in [6, 6.07) is 3.40. The number of ether oxygens (including phenoxy) is 1. The number of rotatable bonds is 5. The number of carbonyl (C=O) groups is 2. The summed E-state index contributed by atoms with van der Waals surface area (Å²) in [6.07, 6.45) is 1.49. The topological polar surface area (TPSA) is 139 Å². The summed E-state index contributed by atoms with van der Waals surface area (Å²) in [6.45, 7) is 0.965. The highest BCUT2D eigenvalue weighted by atomic mass is 32.1. The molecule has 3 rings (SSSR count). The molecule has 0 spiro atoms. The Hall–Kier alpha value is -3.47. The monoisotopic (exact) mass is 404 g/mol. The summed E-state index contributed by atoms with van der Waals surface area (Å²) in [7, 11) is 2.55. The number of ketones is 1. The Morgan fingerprint density at radius 1 is 1.29 bits per heavy atom. The molecule has 3 heterocycles. The van der Waals surface area contributed by atoms with Crippen molar-refractivity contribution in [2.75, 3.05) is 12.3 Å². The Bertz CT molecular complexity index is 1190.